The highest BCUT2D eigenvalue weighted by atomic mass is 16.6. The summed E-state index contributed by atoms with van der Waals surface area (Å²) < 4.78 is 6.09. The third-order valence-electron chi connectivity index (χ3n) is 10.5. The Morgan fingerprint density at radius 2 is 1.91 bits per heavy atom. The summed E-state index contributed by atoms with van der Waals surface area (Å²) in [6.45, 7) is 6.57. The quantitative estimate of drug-likeness (QED) is 0.124. The second kappa shape index (κ2) is 10.5. The van der Waals surface area contributed by atoms with Crippen molar-refractivity contribution in [1.82, 2.24) is 5.32 Å². The Kier molecular flexibility index (Phi) is 8.01. The van der Waals surface area contributed by atoms with Crippen molar-refractivity contribution in [3.8, 4) is 0 Å². The molecule has 200 valence electrons. The lowest BCUT2D eigenvalue weighted by Crippen LogP contribution is -2.61. The highest BCUT2D eigenvalue weighted by Crippen LogP contribution is 2.68. The fourth-order valence-electron chi connectivity index (χ4n) is 8.42. The van der Waals surface area contributed by atoms with Crippen molar-refractivity contribution < 1.29 is 19.8 Å². The van der Waals surface area contributed by atoms with E-state index < -0.39 is 5.60 Å². The number of hydrogen-bond acceptors (Lipinski definition) is 7. The molecule has 9 nitrogen and oxygen atoms in total. The van der Waals surface area contributed by atoms with Crippen molar-refractivity contribution >= 4 is 12.2 Å². The number of oxime groups is 1. The second-order valence-corrected chi connectivity index (χ2v) is 12.0. The molecule has 4 rings (SSSR count). The number of fused-ring (bicyclic) bond motifs is 5. The molecule has 0 amide bonds. The molecule has 4 aliphatic carbocycles. The van der Waals surface area contributed by atoms with Crippen molar-refractivity contribution in [2.75, 3.05) is 26.3 Å². The van der Waals surface area contributed by atoms with E-state index in [1.165, 1.54) is 0 Å². The van der Waals surface area contributed by atoms with Gasteiger partial charge in [-0.1, -0.05) is 19.0 Å². The lowest BCUT2D eigenvalue weighted by molar-refractivity contribution is -0.192. The Morgan fingerprint density at radius 1 is 1.14 bits per heavy atom. The van der Waals surface area contributed by atoms with E-state index in [1.54, 1.807) is 6.21 Å². The normalized spacial score (nSPS) is 44.9. The third kappa shape index (κ3) is 4.81. The molecule has 4 fully saturated rings. The number of rotatable bonds is 9. The molecule has 0 saturated heterocycles. The zero-order valence-electron chi connectivity index (χ0n) is 21.5. The number of aliphatic hydroxyl groups excluding tert-OH is 1. The zero-order valence-corrected chi connectivity index (χ0v) is 21.5. The van der Waals surface area contributed by atoms with Crippen molar-refractivity contribution in [3.63, 3.8) is 0 Å². The first kappa shape index (κ1) is 26.6. The molecule has 0 aliphatic heterocycles. The Labute approximate surface area is 209 Å². The molecule has 0 aromatic rings. The first-order valence-corrected chi connectivity index (χ1v) is 13.6. The SMILES string of the molecule is C[C@]12[C@H](CC[C@@H]3[C@@H]1CC[C@@]1(C)[C@H]3CC[C@]1(O)/C=N/OCCNC(=N)N)C[C@@H](OCCCN)C[C@H]2O. The maximum atomic E-state index is 11.7. The summed E-state index contributed by atoms with van der Waals surface area (Å²) >= 11 is 0. The van der Waals surface area contributed by atoms with Crippen LogP contribution in [0.2, 0.25) is 0 Å². The van der Waals surface area contributed by atoms with E-state index in [-0.39, 0.29) is 35.6 Å². The number of nitrogens with one attached hydrogen (secondary N) is 2. The van der Waals surface area contributed by atoms with Crippen LogP contribution in [0.5, 0.6) is 0 Å². The number of nitrogens with two attached hydrogens (primary N) is 2. The van der Waals surface area contributed by atoms with Crippen LogP contribution in [0.1, 0.15) is 71.6 Å². The van der Waals surface area contributed by atoms with Gasteiger partial charge in [0.15, 0.2) is 5.96 Å². The molecule has 9 atom stereocenters. The number of nitrogens with zero attached hydrogens (tertiary/aromatic N) is 1. The van der Waals surface area contributed by atoms with Gasteiger partial charge in [-0.2, -0.15) is 0 Å². The summed E-state index contributed by atoms with van der Waals surface area (Å²) in [5.74, 6) is 1.80. The standard InChI is InChI=1S/C26H47N5O4/c1-24-8-6-21-19(20(24)7-9-26(24,33)16-31-35-13-11-30-23(28)29)5-4-17-14-18(34-12-3-10-27)15-22(32)25(17,21)2/h16-22,32-33H,3-15,27H2,1-2H3,(H4,28,29,30)/b31-16+/t17-,18-,19+,20+,21+,22-,24+,25+,26+/m1/s1. The molecule has 0 unspecified atom stereocenters. The van der Waals surface area contributed by atoms with Crippen molar-refractivity contribution in [2.24, 2.45) is 51.1 Å². The highest BCUT2D eigenvalue weighted by molar-refractivity contribution is 5.74. The minimum Gasteiger partial charge on any atom is -0.394 e. The minimum atomic E-state index is -0.985. The Hall–Kier alpha value is -1.42. The van der Waals surface area contributed by atoms with E-state index in [2.05, 4.69) is 24.3 Å². The monoisotopic (exact) mass is 493 g/mol. The number of hydrogen-bond donors (Lipinski definition) is 6. The van der Waals surface area contributed by atoms with Crippen LogP contribution in [0.4, 0.5) is 0 Å². The molecular weight excluding hydrogens is 446 g/mol. The van der Waals surface area contributed by atoms with Gasteiger partial charge in [0.05, 0.1) is 25.0 Å². The Bertz CT molecular complexity index is 783. The molecule has 0 bridgehead atoms. The average molecular weight is 494 g/mol. The summed E-state index contributed by atoms with van der Waals surface area (Å²) in [7, 11) is 0. The summed E-state index contributed by atoms with van der Waals surface area (Å²) in [4.78, 5) is 5.33. The van der Waals surface area contributed by atoms with E-state index >= 15 is 0 Å². The van der Waals surface area contributed by atoms with Gasteiger partial charge in [0.1, 0.15) is 12.2 Å². The fourth-order valence-corrected chi connectivity index (χ4v) is 8.42. The Morgan fingerprint density at radius 3 is 2.66 bits per heavy atom. The van der Waals surface area contributed by atoms with E-state index in [9.17, 15) is 10.2 Å². The molecule has 0 heterocycles. The van der Waals surface area contributed by atoms with E-state index in [1.807, 2.05) is 0 Å². The summed E-state index contributed by atoms with van der Waals surface area (Å²) in [5, 5.41) is 37.1. The average Bonchev–Trinajstić information content (AvgIpc) is 3.08. The molecule has 35 heavy (non-hydrogen) atoms. The van der Waals surface area contributed by atoms with Crippen LogP contribution in [0.15, 0.2) is 5.16 Å². The van der Waals surface area contributed by atoms with Gasteiger partial charge in [-0.15, -0.1) is 0 Å². The first-order valence-electron chi connectivity index (χ1n) is 13.6. The van der Waals surface area contributed by atoms with Gasteiger partial charge in [0, 0.05) is 18.4 Å². The van der Waals surface area contributed by atoms with Gasteiger partial charge in [0.25, 0.3) is 0 Å². The molecule has 0 spiro atoms. The van der Waals surface area contributed by atoms with Gasteiger partial charge in [-0.3, -0.25) is 5.41 Å². The van der Waals surface area contributed by atoms with Crippen LogP contribution in [-0.4, -0.2) is 66.5 Å². The summed E-state index contributed by atoms with van der Waals surface area (Å²) in [6, 6.07) is 0. The summed E-state index contributed by atoms with van der Waals surface area (Å²) in [6.07, 6.45) is 9.94. The molecule has 8 N–H and O–H groups in total. The Balaban J connectivity index is 1.42. The van der Waals surface area contributed by atoms with Crippen molar-refractivity contribution in [3.05, 3.63) is 0 Å². The van der Waals surface area contributed by atoms with Crippen LogP contribution in [0, 0.1) is 39.9 Å². The van der Waals surface area contributed by atoms with Crippen LogP contribution in [0.3, 0.4) is 0 Å². The van der Waals surface area contributed by atoms with Crippen LogP contribution < -0.4 is 16.8 Å². The highest BCUT2D eigenvalue weighted by Gasteiger charge is 2.65. The number of ether oxygens (including phenoxy) is 1. The molecular formula is C26H47N5O4. The van der Waals surface area contributed by atoms with Crippen molar-refractivity contribution in [1.29, 1.82) is 5.41 Å². The predicted molar refractivity (Wildman–Crippen MR) is 136 cm³/mol. The van der Waals surface area contributed by atoms with E-state index in [0.717, 1.165) is 51.4 Å². The largest absolute Gasteiger partial charge is 0.394 e. The van der Waals surface area contributed by atoms with Gasteiger partial charge in [-0.05, 0) is 87.0 Å². The lowest BCUT2D eigenvalue weighted by atomic mass is 9.43. The van der Waals surface area contributed by atoms with E-state index in [4.69, 9.17) is 26.5 Å². The van der Waals surface area contributed by atoms with Crippen molar-refractivity contribution in [2.45, 2.75) is 89.4 Å². The third-order valence-corrected chi connectivity index (χ3v) is 10.5. The maximum Gasteiger partial charge on any atom is 0.185 e. The smallest absolute Gasteiger partial charge is 0.185 e. The molecule has 0 radical (unpaired) electrons. The summed E-state index contributed by atoms with van der Waals surface area (Å²) in [5.41, 5.74) is 9.59. The fraction of sp³-hybridized carbons (Fsp3) is 0.923. The van der Waals surface area contributed by atoms with Gasteiger partial charge >= 0.3 is 0 Å². The molecule has 0 aromatic heterocycles. The first-order chi connectivity index (χ1) is 16.7. The van der Waals surface area contributed by atoms with Gasteiger partial charge in [0.2, 0.25) is 0 Å². The van der Waals surface area contributed by atoms with Gasteiger partial charge in [-0.25, -0.2) is 0 Å². The second-order valence-electron chi connectivity index (χ2n) is 12.0. The molecule has 0 aromatic carbocycles. The molecule has 9 heteroatoms. The molecule has 4 aliphatic rings. The molecule has 4 saturated carbocycles. The number of aliphatic hydroxyl groups is 2. The topological polar surface area (TPSA) is 159 Å². The predicted octanol–water partition coefficient (Wildman–Crippen LogP) is 1.95. The number of guanidine groups is 1. The van der Waals surface area contributed by atoms with Gasteiger partial charge < -0.3 is 36.6 Å². The van der Waals surface area contributed by atoms with Crippen LogP contribution in [0.25, 0.3) is 0 Å². The van der Waals surface area contributed by atoms with Crippen LogP contribution in [-0.2, 0) is 9.57 Å². The van der Waals surface area contributed by atoms with Crippen LogP contribution >= 0.6 is 0 Å². The minimum absolute atomic E-state index is 0.0837. The lowest BCUT2D eigenvalue weighted by Gasteiger charge is -2.62. The maximum absolute atomic E-state index is 11.7. The van der Waals surface area contributed by atoms with E-state index in [0.29, 0.717) is 49.8 Å². The zero-order chi connectivity index (χ0) is 25.3.